The van der Waals surface area contributed by atoms with Gasteiger partial charge in [-0.15, -0.1) is 20.5 Å². The number of benzene rings is 2. The molecule has 0 fully saturated rings. The molecule has 170 valence electrons. The van der Waals surface area contributed by atoms with Crippen LogP contribution >= 0.6 is 23.2 Å². The molecule has 0 bridgehead atoms. The molecule has 0 aliphatic heterocycles. The zero-order valence-corrected chi connectivity index (χ0v) is 19.6. The van der Waals surface area contributed by atoms with Gasteiger partial charge in [0.15, 0.2) is 11.6 Å². The summed E-state index contributed by atoms with van der Waals surface area (Å²) in [5.41, 5.74) is 3.49. The number of hydrogen-bond acceptors (Lipinski definition) is 7. The van der Waals surface area contributed by atoms with Crippen LogP contribution in [0.4, 0.5) is 23.0 Å². The van der Waals surface area contributed by atoms with E-state index in [1.165, 1.54) is 0 Å². The van der Waals surface area contributed by atoms with Crippen LogP contribution in [0.3, 0.4) is 0 Å². The van der Waals surface area contributed by atoms with E-state index in [9.17, 15) is 0 Å². The number of rotatable bonds is 6. The van der Waals surface area contributed by atoms with Crippen molar-refractivity contribution in [1.29, 1.82) is 0 Å². The average molecular weight is 499 g/mol. The molecular formula is C26H16Cl2N6O. The maximum atomic E-state index is 6.60. The summed E-state index contributed by atoms with van der Waals surface area (Å²) in [6.45, 7) is 0. The standard InChI is InChI=1S/C26H16Cl2N6O/c27-22-15-17(31-33-24-5-1-3-12-29-24)7-9-19(22)20-11-14-35-26(20)21-10-8-18(16-23(21)28)32-34-25-6-2-4-13-30-25/h1-16H. The van der Waals surface area contributed by atoms with Crippen molar-refractivity contribution in [3.05, 3.63) is 108 Å². The highest BCUT2D eigenvalue weighted by Crippen LogP contribution is 2.41. The Hall–Kier alpha value is -4.20. The molecule has 2 aromatic carbocycles. The van der Waals surface area contributed by atoms with Gasteiger partial charge in [0.1, 0.15) is 5.76 Å². The van der Waals surface area contributed by atoms with Crippen molar-refractivity contribution in [3.63, 3.8) is 0 Å². The van der Waals surface area contributed by atoms with Crippen LogP contribution in [-0.4, -0.2) is 9.97 Å². The minimum Gasteiger partial charge on any atom is -0.464 e. The van der Waals surface area contributed by atoms with Crippen molar-refractivity contribution in [2.45, 2.75) is 0 Å². The lowest BCUT2D eigenvalue weighted by atomic mass is 10.0. The molecular weight excluding hydrogens is 483 g/mol. The molecule has 0 N–H and O–H groups in total. The molecule has 0 atom stereocenters. The van der Waals surface area contributed by atoms with Gasteiger partial charge in [0, 0.05) is 29.1 Å². The number of azo groups is 2. The van der Waals surface area contributed by atoms with Crippen molar-refractivity contribution in [2.75, 3.05) is 0 Å². The first-order valence-corrected chi connectivity index (χ1v) is 11.3. The van der Waals surface area contributed by atoms with Crippen LogP contribution in [0.25, 0.3) is 22.5 Å². The fourth-order valence-corrected chi connectivity index (χ4v) is 3.85. The maximum absolute atomic E-state index is 6.60. The van der Waals surface area contributed by atoms with Gasteiger partial charge in [0.05, 0.1) is 27.7 Å². The number of hydrogen-bond donors (Lipinski definition) is 0. The molecule has 0 radical (unpaired) electrons. The van der Waals surface area contributed by atoms with E-state index in [1.807, 2.05) is 54.6 Å². The monoisotopic (exact) mass is 498 g/mol. The molecule has 0 unspecified atom stereocenters. The Labute approximate surface area is 210 Å². The number of aromatic nitrogens is 2. The Morgan fingerprint density at radius 1 is 0.571 bits per heavy atom. The van der Waals surface area contributed by atoms with Gasteiger partial charge >= 0.3 is 0 Å². The van der Waals surface area contributed by atoms with Crippen molar-refractivity contribution in [1.82, 2.24) is 9.97 Å². The number of halogens is 2. The topological polar surface area (TPSA) is 88.4 Å². The largest absolute Gasteiger partial charge is 0.464 e. The van der Waals surface area contributed by atoms with E-state index in [0.29, 0.717) is 44.4 Å². The normalized spacial score (nSPS) is 11.5. The second kappa shape index (κ2) is 10.4. The summed E-state index contributed by atoms with van der Waals surface area (Å²) < 4.78 is 5.79. The van der Waals surface area contributed by atoms with Gasteiger partial charge in [-0.2, -0.15) is 0 Å². The first-order valence-electron chi connectivity index (χ1n) is 10.5. The third-order valence-electron chi connectivity index (χ3n) is 4.94. The van der Waals surface area contributed by atoms with E-state index in [1.54, 1.807) is 42.9 Å². The predicted octanol–water partition coefficient (Wildman–Crippen LogP) is 9.54. The third kappa shape index (κ3) is 5.32. The molecule has 0 saturated heterocycles. The van der Waals surface area contributed by atoms with Gasteiger partial charge in [-0.25, -0.2) is 9.97 Å². The first kappa shape index (κ1) is 22.6. The van der Waals surface area contributed by atoms with E-state index in [2.05, 4.69) is 30.4 Å². The van der Waals surface area contributed by atoms with Gasteiger partial charge in [-0.3, -0.25) is 0 Å². The molecule has 7 nitrogen and oxygen atoms in total. The Kier molecular flexibility index (Phi) is 6.70. The summed E-state index contributed by atoms with van der Waals surface area (Å²) in [5.74, 6) is 1.62. The fraction of sp³-hybridized carbons (Fsp3) is 0. The molecule has 0 aliphatic rings. The Bertz CT molecular complexity index is 1400. The smallest absolute Gasteiger partial charge is 0.174 e. The van der Waals surface area contributed by atoms with Gasteiger partial charge in [0.25, 0.3) is 0 Å². The fourth-order valence-electron chi connectivity index (χ4n) is 3.31. The van der Waals surface area contributed by atoms with E-state index in [4.69, 9.17) is 27.6 Å². The second-order valence-corrected chi connectivity index (χ2v) is 8.08. The molecule has 5 aromatic rings. The quantitative estimate of drug-likeness (QED) is 0.218. The van der Waals surface area contributed by atoms with Crippen LogP contribution in [0.5, 0.6) is 0 Å². The molecule has 0 spiro atoms. The lowest BCUT2D eigenvalue weighted by Crippen LogP contribution is -1.83. The van der Waals surface area contributed by atoms with Gasteiger partial charge in [-0.1, -0.05) is 41.4 Å². The molecule has 0 amide bonds. The summed E-state index contributed by atoms with van der Waals surface area (Å²) >= 11 is 13.2. The minimum absolute atomic E-state index is 0.468. The van der Waals surface area contributed by atoms with Gasteiger partial charge < -0.3 is 4.42 Å². The molecule has 5 rings (SSSR count). The Morgan fingerprint density at radius 3 is 1.66 bits per heavy atom. The zero-order valence-electron chi connectivity index (χ0n) is 18.1. The molecule has 35 heavy (non-hydrogen) atoms. The molecule has 3 heterocycles. The number of pyridine rings is 2. The Balaban J connectivity index is 1.40. The van der Waals surface area contributed by atoms with Gasteiger partial charge in [0.2, 0.25) is 0 Å². The van der Waals surface area contributed by atoms with Crippen LogP contribution < -0.4 is 0 Å². The van der Waals surface area contributed by atoms with E-state index >= 15 is 0 Å². The van der Waals surface area contributed by atoms with Crippen molar-refractivity contribution < 1.29 is 4.42 Å². The highest BCUT2D eigenvalue weighted by Gasteiger charge is 2.17. The minimum atomic E-state index is 0.468. The maximum Gasteiger partial charge on any atom is 0.174 e. The predicted molar refractivity (Wildman–Crippen MR) is 136 cm³/mol. The third-order valence-corrected chi connectivity index (χ3v) is 5.57. The van der Waals surface area contributed by atoms with Crippen LogP contribution in [0.2, 0.25) is 10.0 Å². The average Bonchev–Trinajstić information content (AvgIpc) is 3.37. The zero-order chi connectivity index (χ0) is 24.0. The first-order chi connectivity index (χ1) is 17.2. The summed E-state index contributed by atoms with van der Waals surface area (Å²) in [4.78, 5) is 8.25. The molecule has 9 heteroatoms. The summed E-state index contributed by atoms with van der Waals surface area (Å²) in [6, 6.07) is 23.5. The van der Waals surface area contributed by atoms with Crippen molar-refractivity contribution in [3.8, 4) is 22.5 Å². The van der Waals surface area contributed by atoms with Crippen molar-refractivity contribution >= 4 is 46.2 Å². The van der Waals surface area contributed by atoms with Gasteiger partial charge in [-0.05, 0) is 60.7 Å². The van der Waals surface area contributed by atoms with Crippen LogP contribution in [0.15, 0.2) is 122 Å². The molecule has 3 aromatic heterocycles. The van der Waals surface area contributed by atoms with Crippen LogP contribution in [0.1, 0.15) is 0 Å². The van der Waals surface area contributed by atoms with Crippen molar-refractivity contribution in [2.24, 2.45) is 20.5 Å². The van der Waals surface area contributed by atoms with E-state index < -0.39 is 0 Å². The van der Waals surface area contributed by atoms with E-state index in [-0.39, 0.29) is 0 Å². The lowest BCUT2D eigenvalue weighted by molar-refractivity contribution is 0.583. The molecule has 0 aliphatic carbocycles. The Morgan fingerprint density at radius 2 is 1.14 bits per heavy atom. The van der Waals surface area contributed by atoms with Crippen LogP contribution in [-0.2, 0) is 0 Å². The summed E-state index contributed by atoms with van der Waals surface area (Å²) in [6.07, 6.45) is 4.91. The summed E-state index contributed by atoms with van der Waals surface area (Å²) in [5, 5.41) is 17.6. The highest BCUT2D eigenvalue weighted by molar-refractivity contribution is 6.34. The number of nitrogens with zero attached hydrogens (tertiary/aromatic N) is 6. The highest BCUT2D eigenvalue weighted by atomic mass is 35.5. The van der Waals surface area contributed by atoms with E-state index in [0.717, 1.165) is 11.1 Å². The second-order valence-electron chi connectivity index (χ2n) is 7.27. The van der Waals surface area contributed by atoms with Crippen LogP contribution in [0, 0.1) is 0 Å². The summed E-state index contributed by atoms with van der Waals surface area (Å²) in [7, 11) is 0. The SMILES string of the molecule is Clc1cc(N=Nc2ccccn2)ccc1-c1ccoc1-c1ccc(N=Nc2ccccn2)cc1Cl. The molecule has 0 saturated carbocycles. The lowest BCUT2D eigenvalue weighted by Gasteiger charge is -2.08. The number of furan rings is 1.